The van der Waals surface area contributed by atoms with E-state index in [1.54, 1.807) is 0 Å². The number of amides is 1. The summed E-state index contributed by atoms with van der Waals surface area (Å²) in [6.07, 6.45) is 4.65. The molecule has 0 aliphatic heterocycles. The van der Waals surface area contributed by atoms with E-state index in [1.807, 2.05) is 13.0 Å². The number of hydrogen-bond acceptors (Lipinski definition) is 1. The van der Waals surface area contributed by atoms with E-state index in [0.717, 1.165) is 0 Å². The predicted molar refractivity (Wildman–Crippen MR) is 51.9 cm³/mol. The molecule has 0 aliphatic rings. The maximum Gasteiger partial charge on any atom is 0.219 e. The summed E-state index contributed by atoms with van der Waals surface area (Å²) in [6.45, 7) is 8.88. The molecule has 12 heavy (non-hydrogen) atoms. The summed E-state index contributed by atoms with van der Waals surface area (Å²) in [7, 11) is 0. The first-order valence-electron chi connectivity index (χ1n) is 4.40. The molecule has 1 amide bonds. The molecule has 0 saturated heterocycles. The van der Waals surface area contributed by atoms with Crippen LogP contribution in [0.1, 0.15) is 34.1 Å². The van der Waals surface area contributed by atoms with Crippen LogP contribution in [0.3, 0.4) is 0 Å². The number of hydrogen-bond donors (Lipinski definition) is 1. The lowest BCUT2D eigenvalue weighted by Gasteiger charge is -2.10. The Morgan fingerprint density at radius 2 is 2.00 bits per heavy atom. The summed E-state index contributed by atoms with van der Waals surface area (Å²) in [4.78, 5) is 10.8. The van der Waals surface area contributed by atoms with Crippen LogP contribution in [0.4, 0.5) is 0 Å². The Kier molecular flexibility index (Phi) is 4.64. The van der Waals surface area contributed by atoms with Gasteiger partial charge in [0.05, 0.1) is 0 Å². The number of nitrogens with one attached hydrogen (secondary N) is 1. The Hall–Kier alpha value is -0.790. The molecule has 0 atom stereocenters. The van der Waals surface area contributed by atoms with Gasteiger partial charge < -0.3 is 5.32 Å². The van der Waals surface area contributed by atoms with Gasteiger partial charge >= 0.3 is 0 Å². The van der Waals surface area contributed by atoms with Crippen molar-refractivity contribution in [2.45, 2.75) is 34.1 Å². The molecule has 1 N–H and O–H groups in total. The molecule has 70 valence electrons. The summed E-state index contributed by atoms with van der Waals surface area (Å²) < 4.78 is 0. The van der Waals surface area contributed by atoms with Gasteiger partial charge in [0.1, 0.15) is 0 Å². The summed E-state index contributed by atoms with van der Waals surface area (Å²) in [5, 5.41) is 2.78. The van der Waals surface area contributed by atoms with Crippen molar-refractivity contribution in [3.05, 3.63) is 12.2 Å². The molecule has 2 nitrogen and oxygen atoms in total. The van der Waals surface area contributed by atoms with Gasteiger partial charge in [-0.1, -0.05) is 39.8 Å². The lowest BCUT2D eigenvalue weighted by Crippen LogP contribution is -2.22. The molecule has 0 spiro atoms. The zero-order valence-electron chi connectivity index (χ0n) is 8.48. The van der Waals surface area contributed by atoms with Gasteiger partial charge in [-0.15, -0.1) is 0 Å². The van der Waals surface area contributed by atoms with Gasteiger partial charge in [-0.2, -0.15) is 0 Å². The fraction of sp³-hybridized carbons (Fsp3) is 0.700. The number of carbonyl (C=O) groups excluding carboxylic acids is 1. The van der Waals surface area contributed by atoms with E-state index in [0.29, 0.717) is 13.0 Å². The van der Waals surface area contributed by atoms with E-state index in [4.69, 9.17) is 0 Å². The number of carbonyl (C=O) groups is 1. The standard InChI is InChI=1S/C10H19NO/c1-5-9(12)11-8-6-7-10(2,3)4/h6-7H,5,8H2,1-4H3,(H,11,12)/b7-6+. The molecular formula is C10H19NO. The fourth-order valence-corrected chi connectivity index (χ4v) is 0.710. The monoisotopic (exact) mass is 169 g/mol. The predicted octanol–water partition coefficient (Wildman–Crippen LogP) is 2.11. The zero-order chi connectivity index (χ0) is 9.61. The minimum absolute atomic E-state index is 0.105. The van der Waals surface area contributed by atoms with Crippen molar-refractivity contribution >= 4 is 5.91 Å². The average molecular weight is 169 g/mol. The molecule has 0 aromatic carbocycles. The third-order valence-electron chi connectivity index (χ3n) is 1.36. The van der Waals surface area contributed by atoms with Gasteiger partial charge in [-0.3, -0.25) is 4.79 Å². The van der Waals surface area contributed by atoms with Gasteiger partial charge in [0, 0.05) is 13.0 Å². The first-order valence-corrected chi connectivity index (χ1v) is 4.40. The average Bonchev–Trinajstić information content (AvgIpc) is 1.96. The molecule has 2 heteroatoms. The van der Waals surface area contributed by atoms with Crippen LogP contribution in [0.2, 0.25) is 0 Å². The van der Waals surface area contributed by atoms with Gasteiger partial charge in [0.25, 0.3) is 0 Å². The Balaban J connectivity index is 3.56. The topological polar surface area (TPSA) is 29.1 Å². The third kappa shape index (κ3) is 7.32. The third-order valence-corrected chi connectivity index (χ3v) is 1.36. The highest BCUT2D eigenvalue weighted by atomic mass is 16.1. The van der Waals surface area contributed by atoms with Crippen LogP contribution in [0, 0.1) is 5.41 Å². The second-order valence-corrected chi connectivity index (χ2v) is 3.93. The van der Waals surface area contributed by atoms with Crippen LogP contribution in [0.15, 0.2) is 12.2 Å². The minimum atomic E-state index is 0.105. The molecule has 0 aromatic heterocycles. The molecule has 0 aromatic rings. The van der Waals surface area contributed by atoms with Gasteiger partial charge in [0.15, 0.2) is 0 Å². The molecule has 0 bridgehead atoms. The smallest absolute Gasteiger partial charge is 0.219 e. The van der Waals surface area contributed by atoms with Crippen molar-refractivity contribution in [2.75, 3.05) is 6.54 Å². The highest BCUT2D eigenvalue weighted by Gasteiger charge is 2.02. The highest BCUT2D eigenvalue weighted by molar-refractivity contribution is 5.75. The number of allylic oxidation sites excluding steroid dienone is 1. The van der Waals surface area contributed by atoms with E-state index >= 15 is 0 Å². The molecular weight excluding hydrogens is 150 g/mol. The Bertz CT molecular complexity index is 165. The molecule has 0 fully saturated rings. The van der Waals surface area contributed by atoms with Gasteiger partial charge in [0.2, 0.25) is 5.91 Å². The largest absolute Gasteiger partial charge is 0.353 e. The van der Waals surface area contributed by atoms with Gasteiger partial charge in [-0.05, 0) is 5.41 Å². The first kappa shape index (κ1) is 11.2. The van der Waals surface area contributed by atoms with Crippen molar-refractivity contribution in [1.82, 2.24) is 5.32 Å². The first-order chi connectivity index (χ1) is 5.45. The molecule has 0 unspecified atom stereocenters. The molecule has 0 heterocycles. The molecule has 0 aliphatic carbocycles. The Morgan fingerprint density at radius 1 is 1.42 bits per heavy atom. The highest BCUT2D eigenvalue weighted by Crippen LogP contribution is 2.13. The van der Waals surface area contributed by atoms with E-state index in [9.17, 15) is 4.79 Å². The lowest BCUT2D eigenvalue weighted by atomic mass is 9.96. The van der Waals surface area contributed by atoms with Crippen molar-refractivity contribution in [3.63, 3.8) is 0 Å². The second-order valence-electron chi connectivity index (χ2n) is 3.93. The van der Waals surface area contributed by atoms with Crippen LogP contribution in [0.5, 0.6) is 0 Å². The second kappa shape index (κ2) is 4.96. The van der Waals surface area contributed by atoms with E-state index in [-0.39, 0.29) is 11.3 Å². The summed E-state index contributed by atoms with van der Waals surface area (Å²) >= 11 is 0. The maximum atomic E-state index is 10.8. The normalized spacial score (nSPS) is 12.0. The van der Waals surface area contributed by atoms with E-state index in [2.05, 4.69) is 32.2 Å². The quantitative estimate of drug-likeness (QED) is 0.644. The van der Waals surface area contributed by atoms with Crippen molar-refractivity contribution in [1.29, 1.82) is 0 Å². The minimum Gasteiger partial charge on any atom is -0.353 e. The van der Waals surface area contributed by atoms with Crippen LogP contribution in [-0.4, -0.2) is 12.5 Å². The van der Waals surface area contributed by atoms with Crippen LogP contribution in [-0.2, 0) is 4.79 Å². The van der Waals surface area contributed by atoms with E-state index in [1.165, 1.54) is 0 Å². The van der Waals surface area contributed by atoms with Crippen molar-refractivity contribution in [2.24, 2.45) is 5.41 Å². The van der Waals surface area contributed by atoms with Crippen LogP contribution >= 0.6 is 0 Å². The molecule has 0 radical (unpaired) electrons. The van der Waals surface area contributed by atoms with Gasteiger partial charge in [-0.25, -0.2) is 0 Å². The summed E-state index contributed by atoms with van der Waals surface area (Å²) in [6, 6.07) is 0. The summed E-state index contributed by atoms with van der Waals surface area (Å²) in [5.41, 5.74) is 0.205. The Morgan fingerprint density at radius 3 is 2.42 bits per heavy atom. The van der Waals surface area contributed by atoms with E-state index < -0.39 is 0 Å². The molecule has 0 saturated carbocycles. The lowest BCUT2D eigenvalue weighted by molar-refractivity contribution is -0.120. The Labute approximate surface area is 75.0 Å². The van der Waals surface area contributed by atoms with Crippen LogP contribution < -0.4 is 5.32 Å². The zero-order valence-corrected chi connectivity index (χ0v) is 8.48. The fourth-order valence-electron chi connectivity index (χ4n) is 0.710. The van der Waals surface area contributed by atoms with Crippen LogP contribution in [0.25, 0.3) is 0 Å². The molecule has 0 rings (SSSR count). The number of rotatable bonds is 3. The maximum absolute atomic E-state index is 10.8. The van der Waals surface area contributed by atoms with Crippen molar-refractivity contribution in [3.8, 4) is 0 Å². The SMILES string of the molecule is CCC(=O)NC/C=C/C(C)(C)C. The van der Waals surface area contributed by atoms with Crippen molar-refractivity contribution < 1.29 is 4.79 Å². The summed E-state index contributed by atoms with van der Waals surface area (Å²) in [5.74, 6) is 0.105.